The number of tetrazole rings is 1. The summed E-state index contributed by atoms with van der Waals surface area (Å²) in [7, 11) is 0. The van der Waals surface area contributed by atoms with E-state index in [0.29, 0.717) is 30.2 Å². The van der Waals surface area contributed by atoms with Crippen molar-refractivity contribution in [2.45, 2.75) is 58.9 Å². The van der Waals surface area contributed by atoms with Crippen LogP contribution in [0.2, 0.25) is 0 Å². The Hall–Kier alpha value is -3.75. The molecule has 0 amide bonds. The summed E-state index contributed by atoms with van der Waals surface area (Å²) in [6.07, 6.45) is 6.88. The normalized spacial score (nSPS) is 11.1. The van der Waals surface area contributed by atoms with Gasteiger partial charge in [-0.05, 0) is 40.5 Å². The van der Waals surface area contributed by atoms with Crippen molar-refractivity contribution in [2.75, 3.05) is 0 Å². The average Bonchev–Trinajstić information content (AvgIpc) is 3.51. The van der Waals surface area contributed by atoms with E-state index in [2.05, 4.69) is 66.9 Å². The number of unbranched alkanes of at least 4 members (excludes halogenated alkanes) is 2. The maximum absolute atomic E-state index is 12.4. The smallest absolute Gasteiger partial charge is 0.217 e. The Kier molecular flexibility index (Phi) is 7.29. The maximum Gasteiger partial charge on any atom is 0.217 e. The Bertz CT molecular complexity index is 1180. The van der Waals surface area contributed by atoms with Crippen LogP contribution in [-0.2, 0) is 13.0 Å². The number of hydrogen-bond acceptors (Lipinski definition) is 7. The molecule has 0 radical (unpaired) electrons. The van der Waals surface area contributed by atoms with Gasteiger partial charge in [0.15, 0.2) is 5.82 Å². The first-order chi connectivity index (χ1) is 16.2. The first-order valence-corrected chi connectivity index (χ1v) is 11.4. The molecule has 1 aromatic carbocycles. The van der Waals surface area contributed by atoms with Gasteiger partial charge in [-0.3, -0.25) is 9.78 Å². The van der Waals surface area contributed by atoms with E-state index < -0.39 is 0 Å². The molecule has 4 rings (SSSR count). The molecule has 0 saturated heterocycles. The number of aromatic nitrogens is 8. The molecule has 3 aromatic heterocycles. The van der Waals surface area contributed by atoms with Gasteiger partial charge in [-0.15, -0.1) is 10.2 Å². The number of carbonyl (C=O) groups excluding carboxylic acids is 1. The molecule has 0 aliphatic rings. The van der Waals surface area contributed by atoms with Gasteiger partial charge in [0, 0.05) is 31.1 Å². The fourth-order valence-corrected chi connectivity index (χ4v) is 3.72. The van der Waals surface area contributed by atoms with E-state index in [1.165, 1.54) is 0 Å². The van der Waals surface area contributed by atoms with Crippen molar-refractivity contribution >= 4 is 5.78 Å². The number of nitrogens with one attached hydrogen (secondary N) is 1. The topological polar surface area (TPSA) is 115 Å². The molecule has 3 heterocycles. The fraction of sp³-hybridized carbons (Fsp3) is 0.375. The molecule has 0 spiro atoms. The Labute approximate surface area is 192 Å². The van der Waals surface area contributed by atoms with E-state index in [0.717, 1.165) is 54.7 Å². The zero-order chi connectivity index (χ0) is 23.0. The van der Waals surface area contributed by atoms with Crippen LogP contribution >= 0.6 is 0 Å². The number of nitrogens with zero attached hydrogens (tertiary/aromatic N) is 7. The zero-order valence-corrected chi connectivity index (χ0v) is 19.0. The molecule has 9 heteroatoms. The largest absolute Gasteiger partial charge is 0.291 e. The number of aromatic amines is 1. The van der Waals surface area contributed by atoms with Gasteiger partial charge in [0.2, 0.25) is 11.6 Å². The quantitative estimate of drug-likeness (QED) is 0.271. The molecule has 0 atom stereocenters. The van der Waals surface area contributed by atoms with Gasteiger partial charge in [0.25, 0.3) is 0 Å². The highest BCUT2D eigenvalue weighted by molar-refractivity contribution is 5.92. The third-order valence-electron chi connectivity index (χ3n) is 5.45. The lowest BCUT2D eigenvalue weighted by Crippen LogP contribution is -2.07. The molecule has 0 unspecified atom stereocenters. The summed E-state index contributed by atoms with van der Waals surface area (Å²) < 4.78 is 1.91. The van der Waals surface area contributed by atoms with Crippen LogP contribution in [0.15, 0.2) is 42.6 Å². The summed E-state index contributed by atoms with van der Waals surface area (Å²) >= 11 is 0. The van der Waals surface area contributed by atoms with E-state index in [4.69, 9.17) is 0 Å². The van der Waals surface area contributed by atoms with Crippen molar-refractivity contribution < 1.29 is 4.79 Å². The minimum absolute atomic E-state index is 0.00866. The molecule has 4 aromatic rings. The lowest BCUT2D eigenvalue weighted by molar-refractivity contribution is 0.0971. The van der Waals surface area contributed by atoms with Gasteiger partial charge >= 0.3 is 0 Å². The minimum Gasteiger partial charge on any atom is -0.291 e. The summed E-state index contributed by atoms with van der Waals surface area (Å²) in [5.41, 5.74) is 3.76. The van der Waals surface area contributed by atoms with Crippen molar-refractivity contribution in [1.29, 1.82) is 0 Å². The summed E-state index contributed by atoms with van der Waals surface area (Å²) in [4.78, 5) is 21.4. The lowest BCUT2D eigenvalue weighted by atomic mass is 10.0. The lowest BCUT2D eigenvalue weighted by Gasteiger charge is -2.08. The number of benzene rings is 1. The second-order valence-electron chi connectivity index (χ2n) is 7.98. The Balaban J connectivity index is 1.56. The first-order valence-electron chi connectivity index (χ1n) is 11.4. The summed E-state index contributed by atoms with van der Waals surface area (Å²) in [5.74, 6) is 1.70. The monoisotopic (exact) mass is 444 g/mol. The SMILES string of the molecule is CCCCCn1nc(C(=O)CCC)nc1Cc1ccc(-c2cccnc2-c2nnn[nH]2)cc1. The second kappa shape index (κ2) is 10.7. The molecule has 1 N–H and O–H groups in total. The van der Waals surface area contributed by atoms with Crippen molar-refractivity contribution in [3.8, 4) is 22.6 Å². The van der Waals surface area contributed by atoms with Crippen LogP contribution in [0, 0.1) is 0 Å². The molecular weight excluding hydrogens is 416 g/mol. The zero-order valence-electron chi connectivity index (χ0n) is 19.0. The maximum atomic E-state index is 12.4. The van der Waals surface area contributed by atoms with Gasteiger partial charge in [-0.2, -0.15) is 0 Å². The van der Waals surface area contributed by atoms with Gasteiger partial charge in [-0.1, -0.05) is 57.0 Å². The highest BCUT2D eigenvalue weighted by Crippen LogP contribution is 2.28. The van der Waals surface area contributed by atoms with Gasteiger partial charge < -0.3 is 0 Å². The molecular formula is C24H28N8O. The Morgan fingerprint density at radius 1 is 1.06 bits per heavy atom. The number of rotatable bonds is 11. The molecule has 0 saturated carbocycles. The van der Waals surface area contributed by atoms with Crippen LogP contribution in [0.5, 0.6) is 0 Å². The van der Waals surface area contributed by atoms with Crippen LogP contribution in [0.25, 0.3) is 22.6 Å². The van der Waals surface area contributed by atoms with E-state index >= 15 is 0 Å². The molecule has 170 valence electrons. The van der Waals surface area contributed by atoms with Crippen LogP contribution in [0.3, 0.4) is 0 Å². The van der Waals surface area contributed by atoms with Crippen LogP contribution in [-0.4, -0.2) is 46.2 Å². The van der Waals surface area contributed by atoms with Crippen LogP contribution in [0.1, 0.15) is 68.0 Å². The number of carbonyl (C=O) groups is 1. The first kappa shape index (κ1) is 22.4. The van der Waals surface area contributed by atoms with Gasteiger partial charge in [0.1, 0.15) is 11.5 Å². The average molecular weight is 445 g/mol. The van der Waals surface area contributed by atoms with Crippen LogP contribution in [0.4, 0.5) is 0 Å². The summed E-state index contributed by atoms with van der Waals surface area (Å²) in [6, 6.07) is 12.1. The second-order valence-corrected chi connectivity index (χ2v) is 7.98. The number of Topliss-reactive ketones (excluding diaryl/α,β-unsaturated/α-hetero) is 1. The molecule has 0 aliphatic carbocycles. The van der Waals surface area contributed by atoms with E-state index in [-0.39, 0.29) is 5.78 Å². The minimum atomic E-state index is 0.00866. The molecule has 0 fully saturated rings. The predicted octanol–water partition coefficient (Wildman–Crippen LogP) is 4.28. The molecule has 0 bridgehead atoms. The van der Waals surface area contributed by atoms with E-state index in [1.807, 2.05) is 23.7 Å². The molecule has 9 nitrogen and oxygen atoms in total. The van der Waals surface area contributed by atoms with E-state index in [1.54, 1.807) is 6.20 Å². The van der Waals surface area contributed by atoms with Crippen molar-refractivity contribution in [3.63, 3.8) is 0 Å². The Morgan fingerprint density at radius 3 is 2.64 bits per heavy atom. The highest BCUT2D eigenvalue weighted by atomic mass is 16.1. The van der Waals surface area contributed by atoms with Gasteiger partial charge in [0.05, 0.1) is 0 Å². The third-order valence-corrected chi connectivity index (χ3v) is 5.45. The number of ketones is 1. The number of pyridine rings is 1. The van der Waals surface area contributed by atoms with Crippen molar-refractivity contribution in [2.24, 2.45) is 0 Å². The Morgan fingerprint density at radius 2 is 1.91 bits per heavy atom. The molecule has 33 heavy (non-hydrogen) atoms. The van der Waals surface area contributed by atoms with Crippen molar-refractivity contribution in [1.82, 2.24) is 40.4 Å². The predicted molar refractivity (Wildman–Crippen MR) is 124 cm³/mol. The fourth-order valence-electron chi connectivity index (χ4n) is 3.72. The standard InChI is InChI=1S/C24H28N8O/c1-3-5-6-15-32-21(26-23(29-32)20(33)8-4-2)16-17-10-12-18(13-11-17)19-9-7-14-25-22(19)24-27-30-31-28-24/h7,9-14H,3-6,8,15-16H2,1-2H3,(H,27,28,30,31). The van der Waals surface area contributed by atoms with Gasteiger partial charge in [-0.25, -0.2) is 14.8 Å². The van der Waals surface area contributed by atoms with Crippen molar-refractivity contribution in [3.05, 3.63) is 59.8 Å². The van der Waals surface area contributed by atoms with Crippen LogP contribution < -0.4 is 0 Å². The van der Waals surface area contributed by atoms with E-state index in [9.17, 15) is 4.79 Å². The third kappa shape index (κ3) is 5.36. The highest BCUT2D eigenvalue weighted by Gasteiger charge is 2.16. The number of hydrogen-bond donors (Lipinski definition) is 1. The molecule has 0 aliphatic heterocycles. The number of H-pyrrole nitrogens is 1. The number of aryl methyl sites for hydroxylation is 1. The summed E-state index contributed by atoms with van der Waals surface area (Å²) in [5, 5.41) is 18.6. The summed E-state index contributed by atoms with van der Waals surface area (Å²) in [6.45, 7) is 4.94.